The summed E-state index contributed by atoms with van der Waals surface area (Å²) in [4.78, 5) is 0. The van der Waals surface area contributed by atoms with Gasteiger partial charge in [-0.05, 0) is 25.2 Å². The number of nitrogens with two attached hydrogens (primary N) is 1. The van der Waals surface area contributed by atoms with Crippen molar-refractivity contribution in [2.75, 3.05) is 12.0 Å². The van der Waals surface area contributed by atoms with Crippen LogP contribution in [-0.4, -0.2) is 34.9 Å². The SMILES string of the molecule is CS(=O)(=O)NC(CCCS(N)(=O)=O)CC1CCCCC1. The van der Waals surface area contributed by atoms with Gasteiger partial charge in [-0.15, -0.1) is 0 Å². The van der Waals surface area contributed by atoms with Gasteiger partial charge in [-0.25, -0.2) is 26.7 Å². The van der Waals surface area contributed by atoms with Gasteiger partial charge in [0.15, 0.2) is 0 Å². The summed E-state index contributed by atoms with van der Waals surface area (Å²) in [5, 5.41) is 4.97. The van der Waals surface area contributed by atoms with E-state index in [1.807, 2.05) is 0 Å². The van der Waals surface area contributed by atoms with Crippen molar-refractivity contribution >= 4 is 20.0 Å². The van der Waals surface area contributed by atoms with Crippen LogP contribution in [0.25, 0.3) is 0 Å². The van der Waals surface area contributed by atoms with Crippen LogP contribution in [0.5, 0.6) is 0 Å². The van der Waals surface area contributed by atoms with E-state index in [4.69, 9.17) is 5.14 Å². The summed E-state index contributed by atoms with van der Waals surface area (Å²) in [6, 6.07) is -0.185. The van der Waals surface area contributed by atoms with Crippen LogP contribution in [0, 0.1) is 5.92 Å². The average molecular weight is 326 g/mol. The maximum absolute atomic E-state index is 11.4. The van der Waals surface area contributed by atoms with Crippen LogP contribution in [0.15, 0.2) is 0 Å². The van der Waals surface area contributed by atoms with Crippen molar-refractivity contribution in [3.8, 4) is 0 Å². The van der Waals surface area contributed by atoms with Crippen molar-refractivity contribution in [1.82, 2.24) is 4.72 Å². The molecule has 0 spiro atoms. The van der Waals surface area contributed by atoms with Gasteiger partial charge in [0.1, 0.15) is 0 Å². The van der Waals surface area contributed by atoms with Crippen molar-refractivity contribution in [2.45, 2.75) is 57.4 Å². The van der Waals surface area contributed by atoms with Crippen LogP contribution in [0.1, 0.15) is 51.4 Å². The van der Waals surface area contributed by atoms with Gasteiger partial charge in [-0.2, -0.15) is 0 Å². The largest absolute Gasteiger partial charge is 0.229 e. The lowest BCUT2D eigenvalue weighted by atomic mass is 9.84. The molecule has 0 saturated heterocycles. The molecular weight excluding hydrogens is 300 g/mol. The molecule has 0 amide bonds. The van der Waals surface area contributed by atoms with Crippen molar-refractivity contribution in [1.29, 1.82) is 0 Å². The Kier molecular flexibility index (Phi) is 6.90. The van der Waals surface area contributed by atoms with Gasteiger partial charge < -0.3 is 0 Å². The van der Waals surface area contributed by atoms with Gasteiger partial charge >= 0.3 is 0 Å². The zero-order valence-electron chi connectivity index (χ0n) is 12.0. The fourth-order valence-corrected chi connectivity index (χ4v) is 4.27. The van der Waals surface area contributed by atoms with Crippen LogP contribution in [-0.2, 0) is 20.0 Å². The van der Waals surface area contributed by atoms with E-state index in [1.165, 1.54) is 19.3 Å². The molecule has 0 radical (unpaired) electrons. The molecule has 0 bridgehead atoms. The Balaban J connectivity index is 2.50. The van der Waals surface area contributed by atoms with Crippen LogP contribution < -0.4 is 9.86 Å². The van der Waals surface area contributed by atoms with Crippen LogP contribution in [0.2, 0.25) is 0 Å². The second kappa shape index (κ2) is 7.72. The maximum atomic E-state index is 11.4. The Morgan fingerprint density at radius 3 is 2.25 bits per heavy atom. The van der Waals surface area contributed by atoms with E-state index in [9.17, 15) is 16.8 Å². The summed E-state index contributed by atoms with van der Waals surface area (Å²) in [6.45, 7) is 0. The van der Waals surface area contributed by atoms with E-state index < -0.39 is 20.0 Å². The van der Waals surface area contributed by atoms with Crippen LogP contribution in [0.3, 0.4) is 0 Å². The molecule has 3 N–H and O–H groups in total. The summed E-state index contributed by atoms with van der Waals surface area (Å²) < 4.78 is 47.3. The lowest BCUT2D eigenvalue weighted by molar-refractivity contribution is 0.304. The third-order valence-corrected chi connectivity index (χ3v) is 5.32. The predicted molar refractivity (Wildman–Crippen MR) is 80.2 cm³/mol. The van der Waals surface area contributed by atoms with E-state index in [1.54, 1.807) is 0 Å². The van der Waals surface area contributed by atoms with Gasteiger partial charge in [-0.1, -0.05) is 32.1 Å². The van der Waals surface area contributed by atoms with Crippen molar-refractivity contribution in [3.63, 3.8) is 0 Å². The minimum absolute atomic E-state index is 0.0976. The molecule has 1 unspecified atom stereocenters. The third-order valence-electron chi connectivity index (χ3n) is 3.70. The highest BCUT2D eigenvalue weighted by atomic mass is 32.2. The molecule has 1 aliphatic carbocycles. The first kappa shape index (κ1) is 17.9. The second-order valence-electron chi connectivity index (χ2n) is 5.84. The number of hydrogen-bond acceptors (Lipinski definition) is 4. The first-order valence-corrected chi connectivity index (χ1v) is 10.7. The fraction of sp³-hybridized carbons (Fsp3) is 1.00. The molecule has 0 aromatic heterocycles. The summed E-state index contributed by atoms with van der Waals surface area (Å²) >= 11 is 0. The Hall–Kier alpha value is -0.180. The van der Waals surface area contributed by atoms with Crippen molar-refractivity contribution in [2.24, 2.45) is 11.1 Å². The topological polar surface area (TPSA) is 106 Å². The molecule has 8 heteroatoms. The summed E-state index contributed by atoms with van der Waals surface area (Å²) in [5.74, 6) is 0.442. The predicted octanol–water partition coefficient (Wildman–Crippen LogP) is 0.943. The van der Waals surface area contributed by atoms with E-state index in [2.05, 4.69) is 4.72 Å². The van der Waals surface area contributed by atoms with E-state index in [0.29, 0.717) is 18.8 Å². The zero-order valence-corrected chi connectivity index (χ0v) is 13.7. The maximum Gasteiger partial charge on any atom is 0.209 e. The van der Waals surface area contributed by atoms with Gasteiger partial charge in [0, 0.05) is 6.04 Å². The molecule has 0 aromatic rings. The molecule has 120 valence electrons. The third kappa shape index (κ3) is 8.89. The van der Waals surface area contributed by atoms with E-state index in [0.717, 1.165) is 25.5 Å². The van der Waals surface area contributed by atoms with Gasteiger partial charge in [0.2, 0.25) is 20.0 Å². The number of nitrogens with one attached hydrogen (secondary N) is 1. The number of rotatable bonds is 8. The lowest BCUT2D eigenvalue weighted by Gasteiger charge is -2.26. The zero-order chi connectivity index (χ0) is 15.2. The molecule has 1 saturated carbocycles. The Bertz CT molecular complexity index is 482. The molecule has 1 rings (SSSR count). The second-order valence-corrected chi connectivity index (χ2v) is 9.35. The quantitative estimate of drug-likeness (QED) is 0.692. The molecule has 6 nitrogen and oxygen atoms in total. The standard InChI is InChI=1S/C12H26N2O4S2/c1-19(15,16)14-12(8-5-9-20(13,17)18)10-11-6-3-2-4-7-11/h11-12,14H,2-10H2,1H3,(H2,13,17,18). The van der Waals surface area contributed by atoms with E-state index >= 15 is 0 Å². The van der Waals surface area contributed by atoms with Gasteiger partial charge in [0.05, 0.1) is 12.0 Å². The minimum atomic E-state index is -3.47. The normalized spacial score (nSPS) is 19.9. The summed E-state index contributed by atoms with van der Waals surface area (Å²) in [5.41, 5.74) is 0. The molecule has 0 aromatic carbocycles. The molecule has 1 fully saturated rings. The number of primary sulfonamides is 1. The van der Waals surface area contributed by atoms with E-state index in [-0.39, 0.29) is 11.8 Å². The molecule has 0 aliphatic heterocycles. The minimum Gasteiger partial charge on any atom is -0.229 e. The summed E-state index contributed by atoms with van der Waals surface area (Å²) in [6.07, 6.45) is 8.76. The fourth-order valence-electron chi connectivity index (χ4n) is 2.88. The molecule has 0 heterocycles. The van der Waals surface area contributed by atoms with Crippen molar-refractivity contribution in [3.05, 3.63) is 0 Å². The Labute approximate surface area is 122 Å². The molecule has 1 aliphatic rings. The smallest absolute Gasteiger partial charge is 0.209 e. The Morgan fingerprint density at radius 2 is 1.75 bits per heavy atom. The van der Waals surface area contributed by atoms with Crippen LogP contribution in [0.4, 0.5) is 0 Å². The first-order chi connectivity index (χ1) is 9.16. The number of hydrogen-bond donors (Lipinski definition) is 2. The first-order valence-electron chi connectivity index (χ1n) is 7.13. The monoisotopic (exact) mass is 326 g/mol. The molecular formula is C12H26N2O4S2. The summed E-state index contributed by atoms with van der Waals surface area (Å²) in [7, 11) is -6.74. The van der Waals surface area contributed by atoms with Crippen LogP contribution >= 0.6 is 0 Å². The lowest BCUT2D eigenvalue weighted by Crippen LogP contribution is -2.36. The molecule has 20 heavy (non-hydrogen) atoms. The molecule has 1 atom stereocenters. The number of sulfonamides is 2. The highest BCUT2D eigenvalue weighted by Gasteiger charge is 2.21. The highest BCUT2D eigenvalue weighted by molar-refractivity contribution is 7.89. The average Bonchev–Trinajstić information content (AvgIpc) is 2.26. The van der Waals surface area contributed by atoms with Gasteiger partial charge in [0.25, 0.3) is 0 Å². The van der Waals surface area contributed by atoms with Crippen molar-refractivity contribution < 1.29 is 16.8 Å². The highest BCUT2D eigenvalue weighted by Crippen LogP contribution is 2.28. The van der Waals surface area contributed by atoms with Gasteiger partial charge in [-0.3, -0.25) is 0 Å². The Morgan fingerprint density at radius 1 is 1.15 bits per heavy atom.